The number of hydrogen-bond acceptors (Lipinski definition) is 3. The number of hydrogen-bond donors (Lipinski definition) is 2. The first kappa shape index (κ1) is 17.0. The average Bonchev–Trinajstić information content (AvgIpc) is 2.45. The second-order valence-electron chi connectivity index (χ2n) is 5.29. The summed E-state index contributed by atoms with van der Waals surface area (Å²) in [5, 5.41) is 3.30. The van der Waals surface area contributed by atoms with Gasteiger partial charge in [-0.25, -0.2) is 0 Å². The Morgan fingerprint density at radius 1 is 1.43 bits per heavy atom. The second kappa shape index (κ2) is 7.75. The van der Waals surface area contributed by atoms with Crippen LogP contribution in [-0.4, -0.2) is 38.9 Å². The van der Waals surface area contributed by atoms with E-state index in [4.69, 9.17) is 0 Å². The van der Waals surface area contributed by atoms with Crippen LogP contribution in [0, 0.1) is 9.49 Å². The Labute approximate surface area is 140 Å². The van der Waals surface area contributed by atoms with Crippen LogP contribution in [0.2, 0.25) is 0 Å². The molecule has 1 aliphatic heterocycles. The molecule has 1 aromatic rings. The molecule has 21 heavy (non-hydrogen) atoms. The highest BCUT2D eigenvalue weighted by Crippen LogP contribution is 2.21. The van der Waals surface area contributed by atoms with E-state index in [0.29, 0.717) is 24.7 Å². The van der Waals surface area contributed by atoms with E-state index in [-0.39, 0.29) is 0 Å². The molecule has 2 N–H and O–H groups in total. The van der Waals surface area contributed by atoms with Crippen LogP contribution in [0.15, 0.2) is 24.3 Å². The smallest absolute Gasteiger partial charge is 0.301 e. The third-order valence-corrected chi connectivity index (χ3v) is 5.75. The molecule has 1 unspecified atom stereocenters. The van der Waals surface area contributed by atoms with E-state index in [2.05, 4.69) is 39.6 Å². The number of rotatable bonds is 6. The van der Waals surface area contributed by atoms with Crippen molar-refractivity contribution < 1.29 is 8.42 Å². The van der Waals surface area contributed by atoms with Crippen molar-refractivity contribution in [2.24, 2.45) is 5.92 Å². The van der Waals surface area contributed by atoms with Gasteiger partial charge in [-0.05, 0) is 72.6 Å². The van der Waals surface area contributed by atoms with E-state index in [1.165, 1.54) is 0 Å². The number of piperidine rings is 1. The summed E-state index contributed by atoms with van der Waals surface area (Å²) in [5.41, 5.74) is 0.621. The van der Waals surface area contributed by atoms with E-state index in [1.54, 1.807) is 10.4 Å². The fraction of sp³-hybridized carbons (Fsp3) is 0.571. The molecule has 118 valence electrons. The molecule has 0 saturated carbocycles. The Morgan fingerprint density at radius 3 is 2.95 bits per heavy atom. The monoisotopic (exact) mass is 423 g/mol. The van der Waals surface area contributed by atoms with Gasteiger partial charge in [0.1, 0.15) is 0 Å². The van der Waals surface area contributed by atoms with Gasteiger partial charge < -0.3 is 5.32 Å². The Balaban J connectivity index is 2.01. The van der Waals surface area contributed by atoms with Crippen molar-refractivity contribution in [2.75, 3.05) is 30.9 Å². The van der Waals surface area contributed by atoms with E-state index >= 15 is 0 Å². The number of nitrogens with one attached hydrogen (secondary N) is 2. The summed E-state index contributed by atoms with van der Waals surface area (Å²) in [6, 6.07) is 7.40. The van der Waals surface area contributed by atoms with Crippen LogP contribution < -0.4 is 10.0 Å². The second-order valence-corrected chi connectivity index (χ2v) is 8.21. The summed E-state index contributed by atoms with van der Waals surface area (Å²) in [6.07, 6.45) is 2.01. The van der Waals surface area contributed by atoms with Crippen molar-refractivity contribution in [2.45, 2.75) is 19.8 Å². The van der Waals surface area contributed by atoms with Gasteiger partial charge in [0, 0.05) is 16.7 Å². The molecule has 0 bridgehead atoms. The lowest BCUT2D eigenvalue weighted by Crippen LogP contribution is -2.45. The van der Waals surface area contributed by atoms with Crippen molar-refractivity contribution in [1.29, 1.82) is 0 Å². The molecular weight excluding hydrogens is 401 g/mol. The van der Waals surface area contributed by atoms with Gasteiger partial charge in [0.2, 0.25) is 0 Å². The number of nitrogens with zero attached hydrogens (tertiary/aromatic N) is 1. The Kier molecular flexibility index (Phi) is 6.27. The first-order chi connectivity index (χ1) is 10.0. The molecule has 0 radical (unpaired) electrons. The predicted octanol–water partition coefficient (Wildman–Crippen LogP) is 2.27. The van der Waals surface area contributed by atoms with Crippen LogP contribution in [0.4, 0.5) is 5.69 Å². The molecule has 1 fully saturated rings. The van der Waals surface area contributed by atoms with E-state index in [0.717, 1.165) is 29.5 Å². The summed E-state index contributed by atoms with van der Waals surface area (Å²) in [7, 11) is -3.46. The summed E-state index contributed by atoms with van der Waals surface area (Å²) >= 11 is 2.17. The van der Waals surface area contributed by atoms with Crippen LogP contribution >= 0.6 is 22.6 Å². The molecule has 1 heterocycles. The molecule has 2 rings (SSSR count). The molecule has 7 heteroatoms. The highest BCUT2D eigenvalue weighted by molar-refractivity contribution is 14.1. The van der Waals surface area contributed by atoms with Crippen LogP contribution in [0.5, 0.6) is 0 Å². The minimum Gasteiger partial charge on any atom is -0.317 e. The van der Waals surface area contributed by atoms with E-state index < -0.39 is 10.2 Å². The maximum absolute atomic E-state index is 12.5. The first-order valence-corrected chi connectivity index (χ1v) is 9.77. The van der Waals surface area contributed by atoms with Gasteiger partial charge >= 0.3 is 10.2 Å². The maximum Gasteiger partial charge on any atom is 0.301 e. The molecule has 1 aromatic carbocycles. The van der Waals surface area contributed by atoms with Crippen LogP contribution in [0.1, 0.15) is 19.8 Å². The van der Waals surface area contributed by atoms with E-state index in [1.807, 2.05) is 18.2 Å². The molecule has 1 atom stereocenters. The van der Waals surface area contributed by atoms with Crippen molar-refractivity contribution >= 4 is 38.5 Å². The topological polar surface area (TPSA) is 61.4 Å². The summed E-state index contributed by atoms with van der Waals surface area (Å²) < 4.78 is 30.2. The molecular formula is C14H22IN3O2S. The highest BCUT2D eigenvalue weighted by atomic mass is 127. The van der Waals surface area contributed by atoms with Gasteiger partial charge in [0.25, 0.3) is 0 Å². The quantitative estimate of drug-likeness (QED) is 0.691. The van der Waals surface area contributed by atoms with Crippen molar-refractivity contribution in [3.63, 3.8) is 0 Å². The van der Waals surface area contributed by atoms with Crippen LogP contribution in [-0.2, 0) is 10.2 Å². The van der Waals surface area contributed by atoms with Crippen molar-refractivity contribution in [1.82, 2.24) is 9.62 Å². The highest BCUT2D eigenvalue weighted by Gasteiger charge is 2.28. The third kappa shape index (κ3) is 5.08. The standard InChI is InChI=1S/C14H22IN3O2S/c1-2-16-10-12-5-4-8-18(11-12)21(19,20)17-14-7-3-6-13(15)9-14/h3,6-7,9,12,16-17H,2,4-5,8,10-11H2,1H3. The molecule has 1 saturated heterocycles. The Bertz CT molecular complexity index is 565. The van der Waals surface area contributed by atoms with Crippen LogP contribution in [0.3, 0.4) is 0 Å². The SMILES string of the molecule is CCNCC1CCCN(S(=O)(=O)Nc2cccc(I)c2)C1. The zero-order valence-corrected chi connectivity index (χ0v) is 15.2. The van der Waals surface area contributed by atoms with Gasteiger partial charge in [-0.15, -0.1) is 0 Å². The van der Waals surface area contributed by atoms with Gasteiger partial charge in [0.05, 0.1) is 5.69 Å². The number of benzene rings is 1. The fourth-order valence-electron chi connectivity index (χ4n) is 2.53. The molecule has 1 aliphatic rings. The lowest BCUT2D eigenvalue weighted by atomic mass is 10.00. The third-order valence-electron chi connectivity index (χ3n) is 3.58. The molecule has 0 spiro atoms. The lowest BCUT2D eigenvalue weighted by Gasteiger charge is -2.32. The Morgan fingerprint density at radius 2 is 2.24 bits per heavy atom. The van der Waals surface area contributed by atoms with E-state index in [9.17, 15) is 8.42 Å². The maximum atomic E-state index is 12.5. The van der Waals surface area contributed by atoms with Gasteiger partial charge in [0.15, 0.2) is 0 Å². The molecule has 0 aromatic heterocycles. The Hall–Kier alpha value is -0.380. The first-order valence-electron chi connectivity index (χ1n) is 7.25. The zero-order chi connectivity index (χ0) is 15.3. The predicted molar refractivity (Wildman–Crippen MR) is 94.5 cm³/mol. The van der Waals surface area contributed by atoms with Gasteiger partial charge in [-0.1, -0.05) is 13.0 Å². The normalized spacial score (nSPS) is 20.4. The molecule has 0 aliphatic carbocycles. The lowest BCUT2D eigenvalue weighted by molar-refractivity contribution is 0.262. The molecule has 5 nitrogen and oxygen atoms in total. The average molecular weight is 423 g/mol. The molecule has 0 amide bonds. The summed E-state index contributed by atoms with van der Waals surface area (Å²) in [4.78, 5) is 0. The largest absolute Gasteiger partial charge is 0.317 e. The van der Waals surface area contributed by atoms with Crippen LogP contribution in [0.25, 0.3) is 0 Å². The minimum absolute atomic E-state index is 0.395. The summed E-state index contributed by atoms with van der Waals surface area (Å²) in [6.45, 7) is 5.06. The van der Waals surface area contributed by atoms with Gasteiger partial charge in [-0.3, -0.25) is 4.72 Å². The summed E-state index contributed by atoms with van der Waals surface area (Å²) in [5.74, 6) is 0.395. The zero-order valence-electron chi connectivity index (χ0n) is 12.2. The minimum atomic E-state index is -3.46. The number of halogens is 1. The number of anilines is 1. The van der Waals surface area contributed by atoms with Gasteiger partial charge in [-0.2, -0.15) is 12.7 Å². The van der Waals surface area contributed by atoms with Crippen molar-refractivity contribution in [3.8, 4) is 0 Å². The fourth-order valence-corrected chi connectivity index (χ4v) is 4.40. The van der Waals surface area contributed by atoms with Crippen molar-refractivity contribution in [3.05, 3.63) is 27.8 Å².